The van der Waals surface area contributed by atoms with E-state index in [9.17, 15) is 8.42 Å². The van der Waals surface area contributed by atoms with Gasteiger partial charge in [0.25, 0.3) is 10.0 Å². The zero-order valence-corrected chi connectivity index (χ0v) is 11.1. The number of rotatable bonds is 4. The van der Waals surface area contributed by atoms with Crippen LogP contribution in [0.5, 0.6) is 5.75 Å². The number of nitrogens with one attached hydrogen (secondary N) is 1. The molecule has 19 heavy (non-hydrogen) atoms. The summed E-state index contributed by atoms with van der Waals surface area (Å²) in [4.78, 5) is -0.0934. The average molecular weight is 284 g/mol. The quantitative estimate of drug-likeness (QED) is 0.795. The number of nitrogen functional groups attached to an aromatic ring is 1. The monoisotopic (exact) mass is 284 g/mol. The molecule has 0 bridgehead atoms. The Morgan fingerprint density at radius 1 is 1.37 bits per heavy atom. The summed E-state index contributed by atoms with van der Waals surface area (Å²) in [7, 11) is -2.42. The number of hydrogen-bond donors (Lipinski definition) is 2. The van der Waals surface area contributed by atoms with Crippen LogP contribution >= 0.6 is 0 Å². The molecule has 0 radical (unpaired) electrons. The van der Waals surface area contributed by atoms with Gasteiger partial charge in [0.05, 0.1) is 12.8 Å². The van der Waals surface area contributed by atoms with E-state index in [1.165, 1.54) is 25.3 Å². The molecule has 1 aromatic heterocycles. The molecule has 3 N–H and O–H groups in total. The lowest BCUT2D eigenvalue weighted by Crippen LogP contribution is -2.15. The summed E-state index contributed by atoms with van der Waals surface area (Å²) in [5.41, 5.74) is 5.73. The van der Waals surface area contributed by atoms with Crippen molar-refractivity contribution in [2.75, 3.05) is 17.6 Å². The first kappa shape index (κ1) is 13.1. The first-order valence-electron chi connectivity index (χ1n) is 5.19. The minimum atomic E-state index is -3.88. The van der Waals surface area contributed by atoms with E-state index < -0.39 is 10.0 Å². The number of hydrogen-bond acceptors (Lipinski definition) is 7. The van der Waals surface area contributed by atoms with Crippen LogP contribution in [-0.2, 0) is 10.0 Å². The van der Waals surface area contributed by atoms with Crippen molar-refractivity contribution < 1.29 is 17.6 Å². The molecule has 2 aromatic rings. The molecular formula is C10H12N4O4S. The summed E-state index contributed by atoms with van der Waals surface area (Å²) >= 11 is 0. The largest absolute Gasteiger partial charge is 0.497 e. The minimum absolute atomic E-state index is 0.0584. The zero-order valence-electron chi connectivity index (χ0n) is 10.2. The standard InChI is InChI=1S/C10H12N4O4S/c1-6-12-13-10(18-6)14-19(15,16)9-4-3-7(17-2)5-8(9)11/h3-5H,11H2,1-2H3,(H,13,14). The summed E-state index contributed by atoms with van der Waals surface area (Å²) in [6, 6.07) is 4.02. The van der Waals surface area contributed by atoms with Gasteiger partial charge in [-0.2, -0.15) is 0 Å². The van der Waals surface area contributed by atoms with Crippen LogP contribution in [0.1, 0.15) is 5.89 Å². The normalized spacial score (nSPS) is 11.3. The maximum absolute atomic E-state index is 12.1. The molecule has 1 aromatic carbocycles. The van der Waals surface area contributed by atoms with Crippen molar-refractivity contribution in [3.05, 3.63) is 24.1 Å². The van der Waals surface area contributed by atoms with E-state index in [0.29, 0.717) is 5.75 Å². The van der Waals surface area contributed by atoms with Gasteiger partial charge in [0, 0.05) is 13.0 Å². The molecule has 0 fully saturated rings. The van der Waals surface area contributed by atoms with E-state index in [2.05, 4.69) is 14.9 Å². The molecule has 0 saturated carbocycles. The van der Waals surface area contributed by atoms with Crippen molar-refractivity contribution in [2.45, 2.75) is 11.8 Å². The minimum Gasteiger partial charge on any atom is -0.497 e. The van der Waals surface area contributed by atoms with Crippen LogP contribution in [0.4, 0.5) is 11.7 Å². The number of nitrogens with two attached hydrogens (primary N) is 1. The van der Waals surface area contributed by atoms with E-state index in [-0.39, 0.29) is 22.5 Å². The number of sulfonamides is 1. The van der Waals surface area contributed by atoms with Gasteiger partial charge < -0.3 is 14.9 Å². The molecule has 0 amide bonds. The van der Waals surface area contributed by atoms with Crippen LogP contribution in [-0.4, -0.2) is 25.7 Å². The highest BCUT2D eigenvalue weighted by atomic mass is 32.2. The lowest BCUT2D eigenvalue weighted by molar-refractivity contribution is 0.414. The van der Waals surface area contributed by atoms with Crippen molar-refractivity contribution >= 4 is 21.7 Å². The molecule has 9 heteroatoms. The van der Waals surface area contributed by atoms with Gasteiger partial charge in [-0.15, -0.1) is 5.10 Å². The van der Waals surface area contributed by atoms with Gasteiger partial charge in [0.15, 0.2) is 0 Å². The SMILES string of the molecule is COc1ccc(S(=O)(=O)Nc2nnc(C)o2)c(N)c1. The van der Waals surface area contributed by atoms with Gasteiger partial charge in [-0.1, -0.05) is 5.10 Å². The smallest absolute Gasteiger partial charge is 0.329 e. The number of ether oxygens (including phenoxy) is 1. The first-order valence-corrected chi connectivity index (χ1v) is 6.67. The molecule has 0 unspecified atom stereocenters. The fourth-order valence-corrected chi connectivity index (χ4v) is 2.44. The predicted molar refractivity (Wildman–Crippen MR) is 67.2 cm³/mol. The molecule has 0 atom stereocenters. The van der Waals surface area contributed by atoms with Crippen molar-refractivity contribution in [2.24, 2.45) is 0 Å². The van der Waals surface area contributed by atoms with Crippen LogP contribution in [0.2, 0.25) is 0 Å². The third kappa shape index (κ3) is 2.76. The topological polar surface area (TPSA) is 120 Å². The highest BCUT2D eigenvalue weighted by molar-refractivity contribution is 7.92. The van der Waals surface area contributed by atoms with Crippen LogP contribution in [0.25, 0.3) is 0 Å². The van der Waals surface area contributed by atoms with Crippen LogP contribution in [0.15, 0.2) is 27.5 Å². The molecular weight excluding hydrogens is 272 g/mol. The van der Waals surface area contributed by atoms with Crippen LogP contribution < -0.4 is 15.2 Å². The van der Waals surface area contributed by atoms with Gasteiger partial charge in [-0.25, -0.2) is 13.1 Å². The number of benzene rings is 1. The third-order valence-electron chi connectivity index (χ3n) is 2.25. The van der Waals surface area contributed by atoms with Crippen LogP contribution in [0.3, 0.4) is 0 Å². The summed E-state index contributed by atoms with van der Waals surface area (Å²) < 4.78 is 36.2. The molecule has 0 spiro atoms. The lowest BCUT2D eigenvalue weighted by atomic mass is 10.3. The molecule has 1 heterocycles. The second-order valence-electron chi connectivity index (χ2n) is 3.64. The van der Waals surface area contributed by atoms with Gasteiger partial charge >= 0.3 is 6.01 Å². The lowest BCUT2D eigenvalue weighted by Gasteiger charge is -2.08. The molecule has 0 aliphatic heterocycles. The predicted octanol–water partition coefficient (Wildman–Crippen LogP) is 0.770. The average Bonchev–Trinajstić information content (AvgIpc) is 2.73. The number of aromatic nitrogens is 2. The number of nitrogens with zero attached hydrogens (tertiary/aromatic N) is 2. The Hall–Kier alpha value is -2.29. The second-order valence-corrected chi connectivity index (χ2v) is 5.29. The van der Waals surface area contributed by atoms with Gasteiger partial charge in [0.2, 0.25) is 5.89 Å². The maximum atomic E-state index is 12.1. The fourth-order valence-electron chi connectivity index (χ4n) is 1.41. The Morgan fingerprint density at radius 3 is 2.63 bits per heavy atom. The Balaban J connectivity index is 2.34. The summed E-state index contributed by atoms with van der Waals surface area (Å²) in [6.45, 7) is 1.55. The van der Waals surface area contributed by atoms with Crippen molar-refractivity contribution in [1.29, 1.82) is 0 Å². The van der Waals surface area contributed by atoms with E-state index in [0.717, 1.165) is 0 Å². The van der Waals surface area contributed by atoms with E-state index in [4.69, 9.17) is 14.9 Å². The van der Waals surface area contributed by atoms with Crippen molar-refractivity contribution in [3.63, 3.8) is 0 Å². The highest BCUT2D eigenvalue weighted by Crippen LogP contribution is 2.25. The molecule has 8 nitrogen and oxygen atoms in total. The fraction of sp³-hybridized carbons (Fsp3) is 0.200. The van der Waals surface area contributed by atoms with Crippen molar-refractivity contribution in [3.8, 4) is 5.75 Å². The number of anilines is 2. The first-order chi connectivity index (χ1) is 8.92. The number of aryl methyl sites for hydroxylation is 1. The van der Waals surface area contributed by atoms with Crippen molar-refractivity contribution in [1.82, 2.24) is 10.2 Å². The summed E-state index contributed by atoms with van der Waals surface area (Å²) in [5, 5.41) is 7.07. The Labute approximate surface area is 109 Å². The molecule has 0 aliphatic rings. The Morgan fingerprint density at radius 2 is 2.11 bits per heavy atom. The molecule has 102 valence electrons. The van der Waals surface area contributed by atoms with Gasteiger partial charge in [-0.3, -0.25) is 0 Å². The second kappa shape index (κ2) is 4.76. The Kier molecular flexibility index (Phi) is 3.30. The van der Waals surface area contributed by atoms with E-state index in [1.54, 1.807) is 6.92 Å². The molecule has 0 aliphatic carbocycles. The maximum Gasteiger partial charge on any atom is 0.329 e. The zero-order chi connectivity index (χ0) is 14.0. The van der Waals surface area contributed by atoms with E-state index >= 15 is 0 Å². The van der Waals surface area contributed by atoms with Gasteiger partial charge in [0.1, 0.15) is 10.6 Å². The van der Waals surface area contributed by atoms with E-state index in [1.807, 2.05) is 0 Å². The Bertz CT molecular complexity index is 695. The summed E-state index contributed by atoms with van der Waals surface area (Å²) in [5.74, 6) is 0.713. The van der Waals surface area contributed by atoms with Crippen LogP contribution in [0, 0.1) is 6.92 Å². The number of methoxy groups -OCH3 is 1. The third-order valence-corrected chi connectivity index (χ3v) is 3.65. The van der Waals surface area contributed by atoms with Gasteiger partial charge in [-0.05, 0) is 12.1 Å². The molecule has 0 saturated heterocycles. The summed E-state index contributed by atoms with van der Waals surface area (Å²) in [6.07, 6.45) is 0. The highest BCUT2D eigenvalue weighted by Gasteiger charge is 2.20. The molecule has 2 rings (SSSR count).